The van der Waals surface area contributed by atoms with Crippen molar-refractivity contribution in [3.63, 3.8) is 0 Å². The van der Waals surface area contributed by atoms with Gasteiger partial charge >= 0.3 is 6.03 Å². The first-order valence-electron chi connectivity index (χ1n) is 10.8. The highest BCUT2D eigenvalue weighted by atomic mass is 32.2. The fraction of sp³-hybridized carbons (Fsp3) is 0.435. The van der Waals surface area contributed by atoms with Gasteiger partial charge in [0.05, 0.1) is 20.3 Å². The number of nitrogens with zero attached hydrogens (tertiary/aromatic N) is 2. The molecule has 0 bridgehead atoms. The number of hydrogen-bond donors (Lipinski definition) is 1. The summed E-state index contributed by atoms with van der Waals surface area (Å²) in [5, 5.41) is 2.90. The number of nitrogens with one attached hydrogen (secondary N) is 1. The molecule has 0 atom stereocenters. The van der Waals surface area contributed by atoms with Crippen LogP contribution in [0, 0.1) is 0 Å². The first kappa shape index (κ1) is 24.7. The lowest BCUT2D eigenvalue weighted by Crippen LogP contribution is -2.53. The predicted octanol–water partition coefficient (Wildman–Crippen LogP) is 2.71. The molecular weight excluding hydrogens is 446 g/mol. The topological polar surface area (TPSA) is 97.4 Å². The number of hydrogen-bond acceptors (Lipinski definition) is 6. The molecule has 2 aromatic carbocycles. The summed E-state index contributed by atoms with van der Waals surface area (Å²) in [6, 6.07) is 12.0. The van der Waals surface area contributed by atoms with Gasteiger partial charge in [0.2, 0.25) is 10.0 Å². The smallest absolute Gasteiger partial charge is 0.317 e. The van der Waals surface area contributed by atoms with Crippen LogP contribution in [0.25, 0.3) is 0 Å². The molecule has 0 spiro atoms. The summed E-state index contributed by atoms with van der Waals surface area (Å²) in [4.78, 5) is 14.3. The molecule has 0 aliphatic carbocycles. The van der Waals surface area contributed by atoms with Gasteiger partial charge in [-0.15, -0.1) is 0 Å². The quantitative estimate of drug-likeness (QED) is 0.628. The number of carbonyl (C=O) groups excluding carboxylic acids is 1. The molecule has 1 N–H and O–H groups in total. The minimum atomic E-state index is -3.81. The van der Waals surface area contributed by atoms with E-state index in [1.165, 1.54) is 24.6 Å². The molecule has 0 aromatic heterocycles. The van der Waals surface area contributed by atoms with E-state index in [2.05, 4.69) is 5.32 Å². The largest absolute Gasteiger partial charge is 0.497 e. The second-order valence-electron chi connectivity index (χ2n) is 7.84. The molecule has 2 amide bonds. The van der Waals surface area contributed by atoms with Gasteiger partial charge in [0.15, 0.2) is 0 Å². The summed E-state index contributed by atoms with van der Waals surface area (Å²) >= 11 is 0. The molecule has 1 aliphatic rings. The minimum Gasteiger partial charge on any atom is -0.497 e. The number of sulfonamides is 1. The summed E-state index contributed by atoms with van der Waals surface area (Å²) in [7, 11) is -0.906. The van der Waals surface area contributed by atoms with Crippen LogP contribution in [-0.2, 0) is 16.6 Å². The van der Waals surface area contributed by atoms with Crippen LogP contribution >= 0.6 is 0 Å². The van der Waals surface area contributed by atoms with Gasteiger partial charge in [-0.3, -0.25) is 0 Å². The van der Waals surface area contributed by atoms with Crippen molar-refractivity contribution in [2.75, 3.05) is 40.4 Å². The summed E-state index contributed by atoms with van der Waals surface area (Å²) in [5.74, 6) is 1.41. The van der Waals surface area contributed by atoms with Crippen LogP contribution in [0.2, 0.25) is 0 Å². The Kier molecular flexibility index (Phi) is 8.04. The van der Waals surface area contributed by atoms with Crippen LogP contribution in [-0.4, -0.2) is 70.2 Å². The first-order valence-corrected chi connectivity index (χ1v) is 12.2. The highest BCUT2D eigenvalue weighted by Gasteiger charge is 2.32. The van der Waals surface area contributed by atoms with E-state index < -0.39 is 10.0 Å². The van der Waals surface area contributed by atoms with Gasteiger partial charge in [-0.25, -0.2) is 13.2 Å². The number of piperazine rings is 1. The fourth-order valence-corrected chi connectivity index (χ4v) is 5.15. The van der Waals surface area contributed by atoms with Crippen LogP contribution in [0.5, 0.6) is 17.2 Å². The van der Waals surface area contributed by atoms with E-state index in [1.807, 2.05) is 38.1 Å². The Morgan fingerprint density at radius 3 is 2.33 bits per heavy atom. The normalized spacial score (nSPS) is 14.8. The summed E-state index contributed by atoms with van der Waals surface area (Å²) in [6.07, 6.45) is 0.0279. The zero-order chi connectivity index (χ0) is 24.0. The Hall–Kier alpha value is -2.98. The zero-order valence-corrected chi connectivity index (χ0v) is 20.2. The second kappa shape index (κ2) is 10.8. The maximum atomic E-state index is 13.2. The maximum absolute atomic E-state index is 13.2. The SMILES string of the molecule is COc1ccc(OC)c(S(=O)(=O)N2CCN(C(=O)NCc3ccccc3OC(C)C)CC2)c1. The molecule has 10 heteroatoms. The van der Waals surface area contributed by atoms with Gasteiger partial charge in [-0.1, -0.05) is 18.2 Å². The molecule has 2 aromatic rings. The number of ether oxygens (including phenoxy) is 3. The maximum Gasteiger partial charge on any atom is 0.317 e. The van der Waals surface area contributed by atoms with Crippen molar-refractivity contribution in [1.82, 2.24) is 14.5 Å². The molecule has 9 nitrogen and oxygen atoms in total. The van der Waals surface area contributed by atoms with Crippen LogP contribution in [0.15, 0.2) is 47.4 Å². The molecule has 0 saturated carbocycles. The van der Waals surface area contributed by atoms with Gasteiger partial charge in [-0.05, 0) is 32.0 Å². The van der Waals surface area contributed by atoms with Crippen molar-refractivity contribution < 1.29 is 27.4 Å². The van der Waals surface area contributed by atoms with E-state index in [1.54, 1.807) is 17.0 Å². The van der Waals surface area contributed by atoms with Gasteiger partial charge in [0.25, 0.3) is 0 Å². The molecule has 33 heavy (non-hydrogen) atoms. The molecule has 0 radical (unpaired) electrons. The third-order valence-electron chi connectivity index (χ3n) is 5.28. The molecule has 0 unspecified atom stereocenters. The van der Waals surface area contributed by atoms with Crippen molar-refractivity contribution in [2.24, 2.45) is 0 Å². The van der Waals surface area contributed by atoms with E-state index in [9.17, 15) is 13.2 Å². The van der Waals surface area contributed by atoms with E-state index in [4.69, 9.17) is 14.2 Å². The fourth-order valence-electron chi connectivity index (χ4n) is 3.56. The lowest BCUT2D eigenvalue weighted by Gasteiger charge is -2.34. The van der Waals surface area contributed by atoms with E-state index >= 15 is 0 Å². The highest BCUT2D eigenvalue weighted by Crippen LogP contribution is 2.31. The predicted molar refractivity (Wildman–Crippen MR) is 124 cm³/mol. The van der Waals surface area contributed by atoms with Gasteiger partial charge in [-0.2, -0.15) is 4.31 Å². The Labute approximate surface area is 195 Å². The molecule has 3 rings (SSSR count). The molecule has 1 fully saturated rings. The number of methoxy groups -OCH3 is 2. The summed E-state index contributed by atoms with van der Waals surface area (Å²) in [5.41, 5.74) is 0.880. The van der Waals surface area contributed by atoms with Crippen LogP contribution in [0.1, 0.15) is 19.4 Å². The molecular formula is C23H31N3O6S. The average molecular weight is 478 g/mol. The summed E-state index contributed by atoms with van der Waals surface area (Å²) in [6.45, 7) is 5.14. The van der Waals surface area contributed by atoms with Crippen LogP contribution in [0.4, 0.5) is 4.79 Å². The minimum absolute atomic E-state index is 0.0279. The zero-order valence-electron chi connectivity index (χ0n) is 19.4. The van der Waals surface area contributed by atoms with Crippen molar-refractivity contribution in [3.05, 3.63) is 48.0 Å². The number of benzene rings is 2. The molecule has 1 saturated heterocycles. The van der Waals surface area contributed by atoms with Gasteiger partial charge < -0.3 is 24.4 Å². The Balaban J connectivity index is 1.61. The monoisotopic (exact) mass is 477 g/mol. The number of amides is 2. The standard InChI is InChI=1S/C23H31N3O6S/c1-17(2)32-20-8-6-5-7-18(20)16-24-23(27)25-11-13-26(14-12-25)33(28,29)22-15-19(30-3)9-10-21(22)31-4/h5-10,15,17H,11-14,16H2,1-4H3,(H,24,27). The van der Waals surface area contributed by atoms with Gasteiger partial charge in [0.1, 0.15) is 22.1 Å². The van der Waals surface area contributed by atoms with E-state index in [0.717, 1.165) is 11.3 Å². The van der Waals surface area contributed by atoms with Crippen molar-refractivity contribution in [1.29, 1.82) is 0 Å². The third-order valence-corrected chi connectivity index (χ3v) is 7.20. The number of urea groups is 1. The molecule has 180 valence electrons. The van der Waals surface area contributed by atoms with Crippen molar-refractivity contribution in [3.8, 4) is 17.2 Å². The van der Waals surface area contributed by atoms with E-state index in [-0.39, 0.29) is 49.0 Å². The van der Waals surface area contributed by atoms with Gasteiger partial charge in [0, 0.05) is 44.4 Å². The lowest BCUT2D eigenvalue weighted by atomic mass is 10.2. The Morgan fingerprint density at radius 1 is 1.00 bits per heavy atom. The van der Waals surface area contributed by atoms with Crippen LogP contribution in [0.3, 0.4) is 0 Å². The average Bonchev–Trinajstić information content (AvgIpc) is 2.82. The Bertz CT molecular complexity index is 1070. The molecule has 1 aliphatic heterocycles. The number of para-hydroxylation sites is 1. The van der Waals surface area contributed by atoms with E-state index in [0.29, 0.717) is 12.3 Å². The highest BCUT2D eigenvalue weighted by molar-refractivity contribution is 7.89. The first-order chi connectivity index (χ1) is 15.8. The lowest BCUT2D eigenvalue weighted by molar-refractivity contribution is 0.171. The Morgan fingerprint density at radius 2 is 1.70 bits per heavy atom. The summed E-state index contributed by atoms with van der Waals surface area (Å²) < 4.78 is 44.0. The second-order valence-corrected chi connectivity index (χ2v) is 9.75. The van der Waals surface area contributed by atoms with Crippen LogP contribution < -0.4 is 19.5 Å². The molecule has 1 heterocycles. The third kappa shape index (κ3) is 5.88. The number of carbonyl (C=O) groups is 1. The van der Waals surface area contributed by atoms with Crippen molar-refractivity contribution in [2.45, 2.75) is 31.4 Å². The van der Waals surface area contributed by atoms with Crippen molar-refractivity contribution >= 4 is 16.1 Å². The number of rotatable bonds is 8.